The summed E-state index contributed by atoms with van der Waals surface area (Å²) >= 11 is 12.2. The molecule has 1 aliphatic carbocycles. The Bertz CT molecular complexity index is 330. The van der Waals surface area contributed by atoms with Crippen molar-refractivity contribution in [2.24, 2.45) is 11.3 Å². The highest BCUT2D eigenvalue weighted by molar-refractivity contribution is 6.39. The molecule has 2 nitrogen and oxygen atoms in total. The number of halogens is 2. The second-order valence-electron chi connectivity index (χ2n) is 6.29. The fraction of sp³-hybridized carbons (Fsp3) is 0.824. The Balaban J connectivity index is 0.000000885. The lowest BCUT2D eigenvalue weighted by molar-refractivity contribution is -0.111. The normalized spacial score (nSPS) is 20.7. The number of carbonyl (C=O) groups is 1. The predicted octanol–water partition coefficient (Wildman–Crippen LogP) is 5.83. The van der Waals surface area contributed by atoms with E-state index >= 15 is 0 Å². The maximum atomic E-state index is 10.8. The number of hydrogen-bond acceptors (Lipinski definition) is 1. The molecular formula is C17H31Cl2NO. The average Bonchev–Trinajstić information content (AvgIpc) is 2.91. The first kappa shape index (κ1) is 20.8. The van der Waals surface area contributed by atoms with Crippen molar-refractivity contribution in [2.45, 2.75) is 79.2 Å². The smallest absolute Gasteiger partial charge is 0.207 e. The van der Waals surface area contributed by atoms with Crippen molar-refractivity contribution in [3.05, 3.63) is 10.1 Å². The van der Waals surface area contributed by atoms with E-state index in [0.29, 0.717) is 10.1 Å². The zero-order valence-electron chi connectivity index (χ0n) is 14.1. The lowest BCUT2D eigenvalue weighted by atomic mass is 9.75. The number of amides is 1. The zero-order valence-corrected chi connectivity index (χ0v) is 15.7. The summed E-state index contributed by atoms with van der Waals surface area (Å²) < 4.78 is 0. The molecule has 0 aromatic heterocycles. The lowest BCUT2D eigenvalue weighted by Crippen LogP contribution is -2.46. The van der Waals surface area contributed by atoms with Gasteiger partial charge in [0.25, 0.3) is 0 Å². The van der Waals surface area contributed by atoms with Gasteiger partial charge in [-0.3, -0.25) is 4.79 Å². The van der Waals surface area contributed by atoms with Crippen LogP contribution in [0, 0.1) is 11.3 Å². The Labute approximate surface area is 140 Å². The highest BCUT2D eigenvalue weighted by atomic mass is 35.5. The maximum Gasteiger partial charge on any atom is 0.207 e. The molecule has 0 saturated heterocycles. The summed E-state index contributed by atoms with van der Waals surface area (Å²) in [5.41, 5.74) is 0.132. The van der Waals surface area contributed by atoms with E-state index in [1.54, 1.807) is 6.92 Å². The Morgan fingerprint density at radius 1 is 1.24 bits per heavy atom. The van der Waals surface area contributed by atoms with E-state index in [1.165, 1.54) is 25.7 Å². The third-order valence-corrected chi connectivity index (χ3v) is 5.40. The van der Waals surface area contributed by atoms with Crippen LogP contribution < -0.4 is 5.32 Å². The summed E-state index contributed by atoms with van der Waals surface area (Å²) in [6.07, 6.45) is 8.13. The molecule has 1 fully saturated rings. The van der Waals surface area contributed by atoms with Crippen molar-refractivity contribution in [1.82, 2.24) is 5.32 Å². The van der Waals surface area contributed by atoms with Crippen LogP contribution in [-0.2, 0) is 4.79 Å². The number of nitrogens with one attached hydrogen (secondary N) is 1. The van der Waals surface area contributed by atoms with Crippen molar-refractivity contribution in [3.8, 4) is 0 Å². The van der Waals surface area contributed by atoms with E-state index in [1.807, 2.05) is 6.92 Å². The van der Waals surface area contributed by atoms with Crippen LogP contribution >= 0.6 is 23.2 Å². The van der Waals surface area contributed by atoms with Crippen LogP contribution in [0.25, 0.3) is 0 Å². The molecule has 21 heavy (non-hydrogen) atoms. The summed E-state index contributed by atoms with van der Waals surface area (Å²) in [4.78, 5) is 10.8. The summed E-state index contributed by atoms with van der Waals surface area (Å²) in [5.74, 6) is 0.0578. The summed E-state index contributed by atoms with van der Waals surface area (Å²) in [6.45, 7) is 10.4. The van der Waals surface area contributed by atoms with Crippen LogP contribution in [0.3, 0.4) is 0 Å². The number of allylic oxidation sites excluding steroid dienone is 1. The minimum Gasteiger partial charge on any atom is -0.355 e. The summed E-state index contributed by atoms with van der Waals surface area (Å²) in [7, 11) is 0. The van der Waals surface area contributed by atoms with Crippen molar-refractivity contribution in [1.29, 1.82) is 0 Å². The summed E-state index contributed by atoms with van der Waals surface area (Å²) in [6, 6.07) is 0.0590. The van der Waals surface area contributed by atoms with Gasteiger partial charge < -0.3 is 5.32 Å². The molecule has 1 amide bonds. The van der Waals surface area contributed by atoms with Crippen LogP contribution in [0.5, 0.6) is 0 Å². The molecule has 0 spiro atoms. The first-order valence-electron chi connectivity index (χ1n) is 8.05. The van der Waals surface area contributed by atoms with E-state index in [2.05, 4.69) is 26.1 Å². The number of rotatable bonds is 6. The molecule has 2 unspecified atom stereocenters. The van der Waals surface area contributed by atoms with Gasteiger partial charge in [0.05, 0.1) is 0 Å². The SMILES string of the molecule is C/C(Cl)=C(/Cl)C(C)C(NC=O)C1(C)CCCC1.CCCC. The van der Waals surface area contributed by atoms with E-state index in [-0.39, 0.29) is 17.4 Å². The van der Waals surface area contributed by atoms with Gasteiger partial charge in [-0.25, -0.2) is 0 Å². The molecule has 0 radical (unpaired) electrons. The fourth-order valence-corrected chi connectivity index (χ4v) is 3.27. The molecule has 2 atom stereocenters. The fourth-order valence-electron chi connectivity index (χ4n) is 2.98. The maximum absolute atomic E-state index is 10.8. The molecule has 4 heteroatoms. The minimum absolute atomic E-state index is 0.0578. The van der Waals surface area contributed by atoms with Gasteiger partial charge in [0.15, 0.2) is 0 Å². The van der Waals surface area contributed by atoms with Crippen LogP contribution in [0.2, 0.25) is 0 Å². The summed E-state index contributed by atoms with van der Waals surface area (Å²) in [5, 5.41) is 4.20. The molecule has 1 rings (SSSR count). The molecule has 0 heterocycles. The van der Waals surface area contributed by atoms with Gasteiger partial charge >= 0.3 is 0 Å². The quantitative estimate of drug-likeness (QED) is 0.607. The van der Waals surface area contributed by atoms with Gasteiger partial charge in [-0.05, 0) is 25.2 Å². The molecular weight excluding hydrogens is 305 g/mol. The van der Waals surface area contributed by atoms with E-state index in [0.717, 1.165) is 19.3 Å². The number of hydrogen-bond donors (Lipinski definition) is 1. The number of unbranched alkanes of at least 4 members (excludes halogenated alkanes) is 1. The largest absolute Gasteiger partial charge is 0.355 e. The van der Waals surface area contributed by atoms with Crippen LogP contribution in [-0.4, -0.2) is 12.5 Å². The van der Waals surface area contributed by atoms with Gasteiger partial charge in [0, 0.05) is 22.0 Å². The minimum atomic E-state index is 0.0578. The van der Waals surface area contributed by atoms with Gasteiger partial charge in [0.2, 0.25) is 6.41 Å². The lowest BCUT2D eigenvalue weighted by Gasteiger charge is -2.38. The van der Waals surface area contributed by atoms with E-state index < -0.39 is 0 Å². The third kappa shape index (κ3) is 6.61. The Hall–Kier alpha value is -0.210. The Kier molecular flexibility index (Phi) is 10.4. The second kappa shape index (κ2) is 10.5. The zero-order chi connectivity index (χ0) is 16.5. The van der Waals surface area contributed by atoms with Crippen molar-refractivity contribution in [3.63, 3.8) is 0 Å². The van der Waals surface area contributed by atoms with E-state index in [4.69, 9.17) is 23.2 Å². The monoisotopic (exact) mass is 335 g/mol. The Morgan fingerprint density at radius 3 is 2.05 bits per heavy atom. The van der Waals surface area contributed by atoms with Crippen LogP contribution in [0.15, 0.2) is 10.1 Å². The molecule has 0 bridgehead atoms. The molecule has 0 aromatic rings. The third-order valence-electron chi connectivity index (χ3n) is 4.47. The number of carbonyl (C=O) groups excluding carboxylic acids is 1. The van der Waals surface area contributed by atoms with Crippen molar-refractivity contribution < 1.29 is 4.79 Å². The second-order valence-corrected chi connectivity index (χ2v) is 7.27. The van der Waals surface area contributed by atoms with Gasteiger partial charge in [-0.1, -0.05) is 76.6 Å². The molecule has 1 N–H and O–H groups in total. The van der Waals surface area contributed by atoms with Crippen LogP contribution in [0.4, 0.5) is 0 Å². The topological polar surface area (TPSA) is 29.1 Å². The molecule has 0 aliphatic heterocycles. The standard InChI is InChI=1S/C13H21Cl2NO.C4H10/c1-9(11(15)10(2)14)12(16-8-17)13(3)6-4-5-7-13;1-3-4-2/h8-9,12H,4-7H2,1-3H3,(H,16,17);3-4H2,1-2H3/b11-10-;. The Morgan fingerprint density at radius 2 is 1.71 bits per heavy atom. The molecule has 1 saturated carbocycles. The first-order valence-corrected chi connectivity index (χ1v) is 8.81. The van der Waals surface area contributed by atoms with Gasteiger partial charge in [-0.15, -0.1) is 0 Å². The highest BCUT2D eigenvalue weighted by Gasteiger charge is 2.40. The van der Waals surface area contributed by atoms with Gasteiger partial charge in [0.1, 0.15) is 0 Å². The molecule has 1 aliphatic rings. The molecule has 0 aromatic carbocycles. The average molecular weight is 336 g/mol. The van der Waals surface area contributed by atoms with Crippen molar-refractivity contribution >= 4 is 29.6 Å². The predicted molar refractivity (Wildman–Crippen MR) is 93.7 cm³/mol. The van der Waals surface area contributed by atoms with Crippen LogP contribution in [0.1, 0.15) is 73.1 Å². The molecule has 124 valence electrons. The van der Waals surface area contributed by atoms with Crippen molar-refractivity contribution in [2.75, 3.05) is 0 Å². The van der Waals surface area contributed by atoms with E-state index in [9.17, 15) is 4.79 Å². The highest BCUT2D eigenvalue weighted by Crippen LogP contribution is 2.44. The van der Waals surface area contributed by atoms with Gasteiger partial charge in [-0.2, -0.15) is 0 Å². The first-order chi connectivity index (χ1) is 9.83.